The summed E-state index contributed by atoms with van der Waals surface area (Å²) < 4.78 is 0. The predicted molar refractivity (Wildman–Crippen MR) is 101 cm³/mol. The van der Waals surface area contributed by atoms with Crippen LogP contribution in [0.15, 0.2) is 0 Å². The molecule has 0 aliphatic rings. The highest BCUT2D eigenvalue weighted by Gasteiger charge is 2.32. The van der Waals surface area contributed by atoms with Gasteiger partial charge in [0.25, 0.3) is 0 Å². The summed E-state index contributed by atoms with van der Waals surface area (Å²) in [4.78, 5) is 36.3. The molecular formula is C17H33N3O4S. The molecule has 0 saturated carbocycles. The fourth-order valence-electron chi connectivity index (χ4n) is 2.26. The standard InChI is InChI=1S/C17H33N3O4S/c1-6-10(3)13(19-15(21)12(18)8-9-25-5)16(22)20-14(17(23)24)11(4)7-2/h10-14H,6-9,18H2,1-5H3,(H,19,21)(H,20,22)(H,23,24). The van der Waals surface area contributed by atoms with Crippen LogP contribution in [-0.2, 0) is 14.4 Å². The van der Waals surface area contributed by atoms with Crippen molar-refractivity contribution in [3.8, 4) is 0 Å². The fraction of sp³-hybridized carbons (Fsp3) is 0.824. The second kappa shape index (κ2) is 12.1. The van der Waals surface area contributed by atoms with E-state index in [0.29, 0.717) is 19.3 Å². The van der Waals surface area contributed by atoms with Crippen molar-refractivity contribution in [1.29, 1.82) is 0 Å². The molecule has 0 bridgehead atoms. The quantitative estimate of drug-likeness (QED) is 0.407. The number of carbonyl (C=O) groups excluding carboxylic acids is 2. The molecule has 5 N–H and O–H groups in total. The van der Waals surface area contributed by atoms with E-state index in [2.05, 4.69) is 10.6 Å². The van der Waals surface area contributed by atoms with Crippen LogP contribution in [0.5, 0.6) is 0 Å². The van der Waals surface area contributed by atoms with Crippen LogP contribution >= 0.6 is 11.8 Å². The van der Waals surface area contributed by atoms with E-state index in [1.54, 1.807) is 18.7 Å². The van der Waals surface area contributed by atoms with Gasteiger partial charge in [0.15, 0.2) is 0 Å². The average molecular weight is 376 g/mol. The Hall–Kier alpha value is -1.28. The number of thioether (sulfide) groups is 1. The molecule has 146 valence electrons. The number of nitrogens with two attached hydrogens (primary N) is 1. The summed E-state index contributed by atoms with van der Waals surface area (Å²) in [6, 6.07) is -2.47. The largest absolute Gasteiger partial charge is 0.480 e. The van der Waals surface area contributed by atoms with Crippen LogP contribution in [0.1, 0.15) is 47.0 Å². The highest BCUT2D eigenvalue weighted by Crippen LogP contribution is 2.12. The summed E-state index contributed by atoms with van der Waals surface area (Å²) in [6.07, 6.45) is 3.74. The number of nitrogens with one attached hydrogen (secondary N) is 2. The van der Waals surface area contributed by atoms with Gasteiger partial charge >= 0.3 is 5.97 Å². The summed E-state index contributed by atoms with van der Waals surface area (Å²) in [5.41, 5.74) is 5.86. The lowest BCUT2D eigenvalue weighted by Gasteiger charge is -2.28. The molecule has 0 radical (unpaired) electrons. The first-order chi connectivity index (χ1) is 11.7. The molecule has 2 amide bonds. The first-order valence-corrected chi connectivity index (χ1v) is 10.2. The van der Waals surface area contributed by atoms with E-state index in [1.165, 1.54) is 0 Å². The number of carboxylic acid groups (broad SMARTS) is 1. The van der Waals surface area contributed by atoms with Gasteiger partial charge in [-0.2, -0.15) is 11.8 Å². The average Bonchev–Trinajstić information content (AvgIpc) is 2.59. The molecule has 25 heavy (non-hydrogen) atoms. The smallest absolute Gasteiger partial charge is 0.326 e. The number of aliphatic carboxylic acids is 1. The zero-order valence-electron chi connectivity index (χ0n) is 15.9. The Labute approximate surface area is 154 Å². The van der Waals surface area contributed by atoms with Crippen LogP contribution < -0.4 is 16.4 Å². The highest BCUT2D eigenvalue weighted by atomic mass is 32.2. The summed E-state index contributed by atoms with van der Waals surface area (Å²) >= 11 is 1.60. The third kappa shape index (κ3) is 8.09. The van der Waals surface area contributed by atoms with Crippen molar-refractivity contribution >= 4 is 29.5 Å². The Kier molecular flexibility index (Phi) is 11.5. The Morgan fingerprint density at radius 2 is 1.48 bits per heavy atom. The third-order valence-electron chi connectivity index (χ3n) is 4.54. The van der Waals surface area contributed by atoms with Gasteiger partial charge in [-0.25, -0.2) is 4.79 Å². The second-order valence-electron chi connectivity index (χ2n) is 6.47. The van der Waals surface area contributed by atoms with E-state index in [-0.39, 0.29) is 17.7 Å². The minimum atomic E-state index is -1.08. The lowest BCUT2D eigenvalue weighted by molar-refractivity contribution is -0.144. The van der Waals surface area contributed by atoms with Crippen LogP contribution in [0.3, 0.4) is 0 Å². The highest BCUT2D eigenvalue weighted by molar-refractivity contribution is 7.98. The fourth-order valence-corrected chi connectivity index (χ4v) is 2.75. The van der Waals surface area contributed by atoms with Gasteiger partial charge in [0.1, 0.15) is 12.1 Å². The zero-order chi connectivity index (χ0) is 19.6. The lowest BCUT2D eigenvalue weighted by Crippen LogP contribution is -2.57. The minimum Gasteiger partial charge on any atom is -0.480 e. The summed E-state index contributed by atoms with van der Waals surface area (Å²) in [7, 11) is 0. The van der Waals surface area contributed by atoms with Crippen LogP contribution in [0.4, 0.5) is 0 Å². The topological polar surface area (TPSA) is 122 Å². The van der Waals surface area contributed by atoms with Crippen LogP contribution in [0.25, 0.3) is 0 Å². The zero-order valence-corrected chi connectivity index (χ0v) is 16.7. The normalized spacial score (nSPS) is 17.0. The predicted octanol–water partition coefficient (Wildman–Crippen LogP) is 1.21. The van der Waals surface area contributed by atoms with E-state index in [4.69, 9.17) is 5.73 Å². The van der Waals surface area contributed by atoms with Crippen molar-refractivity contribution in [2.75, 3.05) is 12.0 Å². The van der Waals surface area contributed by atoms with Gasteiger partial charge in [0, 0.05) is 0 Å². The second-order valence-corrected chi connectivity index (χ2v) is 7.46. The molecule has 0 spiro atoms. The maximum Gasteiger partial charge on any atom is 0.326 e. The number of rotatable bonds is 12. The van der Waals surface area contributed by atoms with Gasteiger partial charge in [0.2, 0.25) is 11.8 Å². The maximum atomic E-state index is 12.6. The first-order valence-electron chi connectivity index (χ1n) is 8.77. The van der Waals surface area contributed by atoms with Crippen molar-refractivity contribution in [1.82, 2.24) is 10.6 Å². The van der Waals surface area contributed by atoms with E-state index in [1.807, 2.05) is 27.0 Å². The van der Waals surface area contributed by atoms with Gasteiger partial charge in [-0.15, -0.1) is 0 Å². The summed E-state index contributed by atoms with van der Waals surface area (Å²) in [5, 5.41) is 14.6. The lowest BCUT2D eigenvalue weighted by atomic mass is 9.95. The molecule has 0 aliphatic heterocycles. The van der Waals surface area contributed by atoms with E-state index >= 15 is 0 Å². The number of hydrogen-bond donors (Lipinski definition) is 4. The minimum absolute atomic E-state index is 0.136. The number of carboxylic acids is 1. The molecule has 5 atom stereocenters. The Morgan fingerprint density at radius 1 is 1.00 bits per heavy atom. The van der Waals surface area contributed by atoms with Gasteiger partial charge in [-0.1, -0.05) is 40.5 Å². The van der Waals surface area contributed by atoms with Gasteiger partial charge in [-0.05, 0) is 30.3 Å². The number of carbonyl (C=O) groups is 3. The summed E-state index contributed by atoms with van der Waals surface area (Å²) in [5.74, 6) is -1.53. The monoisotopic (exact) mass is 375 g/mol. The molecule has 7 nitrogen and oxygen atoms in total. The number of amides is 2. The Bertz CT molecular complexity index is 448. The Balaban J connectivity index is 5.09. The molecule has 0 aromatic carbocycles. The van der Waals surface area contributed by atoms with Crippen molar-refractivity contribution in [2.45, 2.75) is 65.1 Å². The van der Waals surface area contributed by atoms with Crippen molar-refractivity contribution < 1.29 is 19.5 Å². The van der Waals surface area contributed by atoms with Crippen molar-refractivity contribution in [3.63, 3.8) is 0 Å². The number of hydrogen-bond acceptors (Lipinski definition) is 5. The molecule has 0 aromatic heterocycles. The Morgan fingerprint density at radius 3 is 1.92 bits per heavy atom. The van der Waals surface area contributed by atoms with E-state index in [0.717, 1.165) is 5.75 Å². The van der Waals surface area contributed by atoms with Gasteiger partial charge in [0.05, 0.1) is 6.04 Å². The molecule has 0 heterocycles. The third-order valence-corrected chi connectivity index (χ3v) is 5.18. The van der Waals surface area contributed by atoms with Gasteiger partial charge in [-0.3, -0.25) is 9.59 Å². The molecule has 5 unspecified atom stereocenters. The molecule has 0 fully saturated rings. The molecule has 0 aromatic rings. The molecule has 0 aliphatic carbocycles. The van der Waals surface area contributed by atoms with Crippen molar-refractivity contribution in [3.05, 3.63) is 0 Å². The summed E-state index contributed by atoms with van der Waals surface area (Å²) in [6.45, 7) is 7.39. The van der Waals surface area contributed by atoms with Crippen LogP contribution in [0, 0.1) is 11.8 Å². The maximum absolute atomic E-state index is 12.6. The van der Waals surface area contributed by atoms with Gasteiger partial charge < -0.3 is 21.5 Å². The SMILES string of the molecule is CCC(C)C(NC(=O)C(NC(=O)C(N)CCSC)C(C)CC)C(=O)O. The first kappa shape index (κ1) is 23.7. The molecule has 0 saturated heterocycles. The van der Waals surface area contributed by atoms with Crippen molar-refractivity contribution in [2.24, 2.45) is 17.6 Å². The van der Waals surface area contributed by atoms with Crippen LogP contribution in [-0.4, -0.2) is 53.0 Å². The van der Waals surface area contributed by atoms with Crippen LogP contribution in [0.2, 0.25) is 0 Å². The molecule has 8 heteroatoms. The van der Waals surface area contributed by atoms with E-state index < -0.39 is 30.0 Å². The molecular weight excluding hydrogens is 342 g/mol. The molecule has 0 rings (SSSR count). The van der Waals surface area contributed by atoms with E-state index in [9.17, 15) is 19.5 Å².